The number of halogens is 1. The van der Waals surface area contributed by atoms with Crippen molar-refractivity contribution in [1.82, 2.24) is 14.3 Å². The van der Waals surface area contributed by atoms with E-state index in [1.54, 1.807) is 23.7 Å². The van der Waals surface area contributed by atoms with E-state index in [1.807, 2.05) is 48.1 Å². The van der Waals surface area contributed by atoms with Gasteiger partial charge in [0.25, 0.3) is 0 Å². The van der Waals surface area contributed by atoms with Gasteiger partial charge < -0.3 is 9.30 Å². The summed E-state index contributed by atoms with van der Waals surface area (Å²) in [5, 5.41) is 5.11. The maximum Gasteiger partial charge on any atom is 0.359 e. The lowest BCUT2D eigenvalue weighted by Crippen LogP contribution is -2.07. The molecule has 0 fully saturated rings. The smallest absolute Gasteiger partial charge is 0.359 e. The van der Waals surface area contributed by atoms with E-state index in [4.69, 9.17) is 16.3 Å². The SMILES string of the molecule is CCOC(=O)c1nn(-c2ccc(Cl)cc2)c(-n2cccc2)c1C. The standard InChI is InChI=1S/C17H16ClN3O2/c1-3-23-17(22)15-12(2)16(20-10-4-5-11-20)21(19-15)14-8-6-13(18)7-9-14/h4-11H,3H2,1-2H3. The van der Waals surface area contributed by atoms with E-state index in [0.717, 1.165) is 17.1 Å². The quantitative estimate of drug-likeness (QED) is 0.684. The maximum absolute atomic E-state index is 12.2. The molecule has 0 aliphatic carbocycles. The van der Waals surface area contributed by atoms with Crippen LogP contribution in [0.5, 0.6) is 0 Å². The molecule has 0 radical (unpaired) electrons. The molecule has 23 heavy (non-hydrogen) atoms. The van der Waals surface area contributed by atoms with Crippen LogP contribution in [0.2, 0.25) is 5.02 Å². The fraction of sp³-hybridized carbons (Fsp3) is 0.176. The molecule has 3 aromatic rings. The summed E-state index contributed by atoms with van der Waals surface area (Å²) in [4.78, 5) is 12.2. The third-order valence-corrected chi connectivity index (χ3v) is 3.73. The lowest BCUT2D eigenvalue weighted by atomic mass is 10.2. The van der Waals surface area contributed by atoms with Crippen molar-refractivity contribution >= 4 is 17.6 Å². The van der Waals surface area contributed by atoms with Gasteiger partial charge in [0.1, 0.15) is 5.82 Å². The number of carbonyl (C=O) groups is 1. The molecule has 0 saturated heterocycles. The number of benzene rings is 1. The molecule has 2 aromatic heterocycles. The second-order valence-electron chi connectivity index (χ2n) is 5.00. The van der Waals surface area contributed by atoms with Crippen molar-refractivity contribution in [2.75, 3.05) is 6.61 Å². The summed E-state index contributed by atoms with van der Waals surface area (Å²) in [6.45, 7) is 3.95. The first-order chi connectivity index (χ1) is 11.1. The number of ether oxygens (including phenoxy) is 1. The molecule has 0 aliphatic rings. The highest BCUT2D eigenvalue weighted by Crippen LogP contribution is 2.24. The van der Waals surface area contributed by atoms with E-state index < -0.39 is 5.97 Å². The van der Waals surface area contributed by atoms with Gasteiger partial charge in [-0.2, -0.15) is 5.10 Å². The number of nitrogens with zero attached hydrogens (tertiary/aromatic N) is 3. The zero-order valence-corrected chi connectivity index (χ0v) is 13.6. The lowest BCUT2D eigenvalue weighted by molar-refractivity contribution is 0.0518. The van der Waals surface area contributed by atoms with Crippen LogP contribution in [0.25, 0.3) is 11.5 Å². The number of aromatic nitrogens is 3. The van der Waals surface area contributed by atoms with E-state index in [1.165, 1.54) is 0 Å². The Morgan fingerprint density at radius 3 is 2.48 bits per heavy atom. The van der Waals surface area contributed by atoms with Gasteiger partial charge in [-0.1, -0.05) is 11.6 Å². The first-order valence-corrected chi connectivity index (χ1v) is 7.65. The summed E-state index contributed by atoms with van der Waals surface area (Å²) in [5.74, 6) is 0.367. The van der Waals surface area contributed by atoms with Crippen molar-refractivity contribution in [3.8, 4) is 11.5 Å². The van der Waals surface area contributed by atoms with E-state index in [2.05, 4.69) is 5.10 Å². The average molecular weight is 330 g/mol. The second-order valence-corrected chi connectivity index (χ2v) is 5.43. The normalized spacial score (nSPS) is 10.7. The van der Waals surface area contributed by atoms with Crippen LogP contribution in [0, 0.1) is 6.92 Å². The first kappa shape index (κ1) is 15.4. The number of rotatable bonds is 4. The van der Waals surface area contributed by atoms with E-state index >= 15 is 0 Å². The van der Waals surface area contributed by atoms with Gasteiger partial charge in [-0.15, -0.1) is 0 Å². The molecule has 118 valence electrons. The molecular weight excluding hydrogens is 314 g/mol. The summed E-state index contributed by atoms with van der Waals surface area (Å²) in [7, 11) is 0. The molecule has 3 rings (SSSR count). The third kappa shape index (κ3) is 2.87. The molecule has 0 saturated carbocycles. The molecule has 0 spiro atoms. The summed E-state index contributed by atoms with van der Waals surface area (Å²) in [6.07, 6.45) is 3.82. The van der Waals surface area contributed by atoms with Gasteiger partial charge in [0.15, 0.2) is 5.69 Å². The summed E-state index contributed by atoms with van der Waals surface area (Å²) in [6, 6.07) is 11.1. The highest BCUT2D eigenvalue weighted by molar-refractivity contribution is 6.30. The van der Waals surface area contributed by atoms with Crippen LogP contribution in [0.15, 0.2) is 48.8 Å². The molecule has 0 unspecified atom stereocenters. The fourth-order valence-electron chi connectivity index (χ4n) is 2.42. The van der Waals surface area contributed by atoms with Gasteiger partial charge in [-0.25, -0.2) is 9.48 Å². The minimum atomic E-state index is -0.425. The molecule has 0 bridgehead atoms. The first-order valence-electron chi connectivity index (χ1n) is 7.28. The van der Waals surface area contributed by atoms with Crippen LogP contribution >= 0.6 is 11.6 Å². The molecule has 2 heterocycles. The Labute approximate surface area is 139 Å². The van der Waals surface area contributed by atoms with Crippen molar-refractivity contribution in [1.29, 1.82) is 0 Å². The highest BCUT2D eigenvalue weighted by Gasteiger charge is 2.22. The van der Waals surface area contributed by atoms with Crippen molar-refractivity contribution in [2.24, 2.45) is 0 Å². The minimum Gasteiger partial charge on any atom is -0.461 e. The zero-order chi connectivity index (χ0) is 16.4. The largest absolute Gasteiger partial charge is 0.461 e. The predicted molar refractivity (Wildman–Crippen MR) is 88.6 cm³/mol. The van der Waals surface area contributed by atoms with Crippen molar-refractivity contribution in [3.63, 3.8) is 0 Å². The monoisotopic (exact) mass is 329 g/mol. The lowest BCUT2D eigenvalue weighted by Gasteiger charge is -2.09. The van der Waals surface area contributed by atoms with Crippen molar-refractivity contribution in [2.45, 2.75) is 13.8 Å². The molecule has 1 aromatic carbocycles. The van der Waals surface area contributed by atoms with Gasteiger partial charge in [0, 0.05) is 23.0 Å². The Morgan fingerprint density at radius 1 is 1.22 bits per heavy atom. The Kier molecular flexibility index (Phi) is 4.21. The number of carbonyl (C=O) groups excluding carboxylic acids is 1. The molecule has 5 nitrogen and oxygen atoms in total. The highest BCUT2D eigenvalue weighted by atomic mass is 35.5. The average Bonchev–Trinajstić information content (AvgIpc) is 3.16. The van der Waals surface area contributed by atoms with Gasteiger partial charge in [-0.05, 0) is 50.2 Å². The zero-order valence-electron chi connectivity index (χ0n) is 12.9. The molecule has 0 atom stereocenters. The van der Waals surface area contributed by atoms with Crippen LogP contribution < -0.4 is 0 Å². The van der Waals surface area contributed by atoms with Gasteiger partial charge in [0.2, 0.25) is 0 Å². The van der Waals surface area contributed by atoms with E-state index in [-0.39, 0.29) is 0 Å². The van der Waals surface area contributed by atoms with Gasteiger partial charge >= 0.3 is 5.97 Å². The molecule has 0 amide bonds. The fourth-order valence-corrected chi connectivity index (χ4v) is 2.55. The number of hydrogen-bond acceptors (Lipinski definition) is 3. The Balaban J connectivity index is 2.19. The third-order valence-electron chi connectivity index (χ3n) is 3.48. The molecule has 0 N–H and O–H groups in total. The van der Waals surface area contributed by atoms with Crippen molar-refractivity contribution in [3.05, 3.63) is 65.1 Å². The number of hydrogen-bond donors (Lipinski definition) is 0. The Bertz CT molecular complexity index is 820. The Morgan fingerprint density at radius 2 is 1.87 bits per heavy atom. The van der Waals surface area contributed by atoms with Crippen LogP contribution in [0.3, 0.4) is 0 Å². The number of esters is 1. The van der Waals surface area contributed by atoms with Gasteiger partial charge in [-0.3, -0.25) is 0 Å². The second kappa shape index (κ2) is 6.30. The van der Waals surface area contributed by atoms with Crippen molar-refractivity contribution < 1.29 is 9.53 Å². The summed E-state index contributed by atoms with van der Waals surface area (Å²) < 4.78 is 8.74. The van der Waals surface area contributed by atoms with Crippen LogP contribution in [-0.2, 0) is 4.74 Å². The summed E-state index contributed by atoms with van der Waals surface area (Å²) >= 11 is 5.96. The van der Waals surface area contributed by atoms with Crippen LogP contribution in [0.4, 0.5) is 0 Å². The predicted octanol–water partition coefficient (Wildman–Crippen LogP) is 3.80. The van der Waals surface area contributed by atoms with Gasteiger partial charge in [0.05, 0.1) is 12.3 Å². The minimum absolute atomic E-state index is 0.310. The Hall–Kier alpha value is -2.53. The maximum atomic E-state index is 12.2. The van der Waals surface area contributed by atoms with Crippen LogP contribution in [-0.4, -0.2) is 26.9 Å². The topological polar surface area (TPSA) is 49.0 Å². The van der Waals surface area contributed by atoms with E-state index in [9.17, 15) is 4.79 Å². The van der Waals surface area contributed by atoms with Crippen LogP contribution in [0.1, 0.15) is 23.0 Å². The molecule has 0 aliphatic heterocycles. The molecular formula is C17H16ClN3O2. The summed E-state index contributed by atoms with van der Waals surface area (Å²) in [5.41, 5.74) is 1.89. The molecule has 6 heteroatoms. The van der Waals surface area contributed by atoms with E-state index in [0.29, 0.717) is 17.3 Å².